The fraction of sp³-hybridized carbons (Fsp3) is 0.481. The molecule has 180 valence electrons. The summed E-state index contributed by atoms with van der Waals surface area (Å²) in [6.45, 7) is 15.0. The first-order valence-corrected chi connectivity index (χ1v) is 12.2. The highest BCUT2D eigenvalue weighted by Gasteiger charge is 2.27. The van der Waals surface area contributed by atoms with Crippen LogP contribution < -0.4 is 10.1 Å². The summed E-state index contributed by atoms with van der Waals surface area (Å²) < 4.78 is 6.67. The molecular weight excluding hydrogens is 480 g/mol. The summed E-state index contributed by atoms with van der Waals surface area (Å²) in [6, 6.07) is 13.3. The van der Waals surface area contributed by atoms with E-state index in [-0.39, 0.29) is 23.8 Å². The number of ether oxygens (including phenoxy) is 1. The molecule has 0 aliphatic rings. The second-order valence-electron chi connectivity index (χ2n) is 10.0. The monoisotopic (exact) mass is 516 g/mol. The van der Waals surface area contributed by atoms with Crippen molar-refractivity contribution < 1.29 is 14.3 Å². The summed E-state index contributed by atoms with van der Waals surface area (Å²) >= 11 is 3.56. The standard InChI is InChI=1S/C27H37BrN2O3/c1-18(2)15-29-26(32)20(4)30(16-21-10-8-9-19(3)13-21)25(31)17-33-24-12-11-22(14-23(24)28)27(5,6)7/h8-14,18,20H,15-17H2,1-7H3,(H,29,32)/t20-/m1/s1. The zero-order valence-corrected chi connectivity index (χ0v) is 22.5. The van der Waals surface area contributed by atoms with E-state index in [1.165, 1.54) is 5.56 Å². The van der Waals surface area contributed by atoms with E-state index >= 15 is 0 Å². The highest BCUT2D eigenvalue weighted by molar-refractivity contribution is 9.10. The quantitative estimate of drug-likeness (QED) is 0.470. The van der Waals surface area contributed by atoms with Gasteiger partial charge in [0, 0.05) is 13.1 Å². The molecule has 0 aliphatic heterocycles. The van der Waals surface area contributed by atoms with Crippen LogP contribution in [0.15, 0.2) is 46.9 Å². The lowest BCUT2D eigenvalue weighted by atomic mass is 9.87. The molecule has 5 nitrogen and oxygen atoms in total. The Bertz CT molecular complexity index is 966. The number of halogens is 1. The van der Waals surface area contributed by atoms with Gasteiger partial charge < -0.3 is 15.0 Å². The van der Waals surface area contributed by atoms with E-state index in [2.05, 4.69) is 42.0 Å². The molecule has 1 atom stereocenters. The largest absolute Gasteiger partial charge is 0.483 e. The Hall–Kier alpha value is -2.34. The van der Waals surface area contributed by atoms with E-state index in [1.807, 2.05) is 63.2 Å². The molecule has 0 spiro atoms. The number of benzene rings is 2. The second-order valence-corrected chi connectivity index (χ2v) is 10.9. The van der Waals surface area contributed by atoms with Gasteiger partial charge in [0.15, 0.2) is 6.61 Å². The SMILES string of the molecule is Cc1cccc(CN(C(=O)COc2ccc(C(C)(C)C)cc2Br)[C@H](C)C(=O)NCC(C)C)c1. The van der Waals surface area contributed by atoms with Crippen LogP contribution in [-0.4, -0.2) is 35.9 Å². The lowest BCUT2D eigenvalue weighted by molar-refractivity contribution is -0.142. The predicted molar refractivity (Wildman–Crippen MR) is 137 cm³/mol. The van der Waals surface area contributed by atoms with Crippen molar-refractivity contribution in [2.75, 3.05) is 13.2 Å². The maximum atomic E-state index is 13.2. The third-order valence-corrected chi connectivity index (χ3v) is 6.06. The van der Waals surface area contributed by atoms with Crippen LogP contribution in [0.2, 0.25) is 0 Å². The Morgan fingerprint density at radius 1 is 1.09 bits per heavy atom. The van der Waals surface area contributed by atoms with Gasteiger partial charge in [-0.05, 0) is 64.4 Å². The van der Waals surface area contributed by atoms with Crippen LogP contribution in [0.4, 0.5) is 0 Å². The van der Waals surface area contributed by atoms with Crippen LogP contribution >= 0.6 is 15.9 Å². The number of hydrogen-bond acceptors (Lipinski definition) is 3. The van der Waals surface area contributed by atoms with Gasteiger partial charge in [0.25, 0.3) is 5.91 Å². The molecule has 0 saturated carbocycles. The smallest absolute Gasteiger partial charge is 0.261 e. The van der Waals surface area contributed by atoms with Gasteiger partial charge in [0.1, 0.15) is 11.8 Å². The van der Waals surface area contributed by atoms with E-state index in [1.54, 1.807) is 11.8 Å². The molecule has 1 N–H and O–H groups in total. The second kappa shape index (κ2) is 11.7. The van der Waals surface area contributed by atoms with Crippen molar-refractivity contribution in [2.24, 2.45) is 5.92 Å². The summed E-state index contributed by atoms with van der Waals surface area (Å²) in [5.74, 6) is 0.526. The van der Waals surface area contributed by atoms with Crippen molar-refractivity contribution in [3.8, 4) is 5.75 Å². The first kappa shape index (κ1) is 26.9. The normalized spacial score (nSPS) is 12.4. The molecule has 2 aromatic rings. The molecule has 2 aromatic carbocycles. The van der Waals surface area contributed by atoms with Crippen LogP contribution in [0, 0.1) is 12.8 Å². The molecule has 0 saturated heterocycles. The number of nitrogens with zero attached hydrogens (tertiary/aromatic N) is 1. The highest BCUT2D eigenvalue weighted by Crippen LogP contribution is 2.31. The van der Waals surface area contributed by atoms with Gasteiger partial charge in [-0.1, -0.05) is 70.5 Å². The summed E-state index contributed by atoms with van der Waals surface area (Å²) in [7, 11) is 0. The number of carbonyl (C=O) groups excluding carboxylic acids is 2. The molecule has 2 amide bonds. The van der Waals surface area contributed by atoms with Gasteiger partial charge in [0.2, 0.25) is 5.91 Å². The van der Waals surface area contributed by atoms with Gasteiger partial charge >= 0.3 is 0 Å². The molecule has 0 bridgehead atoms. The third kappa shape index (κ3) is 8.18. The fourth-order valence-corrected chi connectivity index (χ4v) is 3.84. The molecule has 0 radical (unpaired) electrons. The van der Waals surface area contributed by atoms with Gasteiger partial charge in [-0.3, -0.25) is 9.59 Å². The minimum Gasteiger partial charge on any atom is -0.483 e. The summed E-state index contributed by atoms with van der Waals surface area (Å²) in [6.07, 6.45) is 0. The third-order valence-electron chi connectivity index (χ3n) is 5.44. The molecule has 2 rings (SSSR count). The van der Waals surface area contributed by atoms with Gasteiger partial charge in [0.05, 0.1) is 4.47 Å². The molecule has 0 aliphatic carbocycles. The van der Waals surface area contributed by atoms with Crippen molar-refractivity contribution in [3.63, 3.8) is 0 Å². The Morgan fingerprint density at radius 3 is 2.36 bits per heavy atom. The zero-order chi connectivity index (χ0) is 24.8. The fourth-order valence-electron chi connectivity index (χ4n) is 3.35. The van der Waals surface area contributed by atoms with Gasteiger partial charge in [-0.15, -0.1) is 0 Å². The molecule has 33 heavy (non-hydrogen) atoms. The van der Waals surface area contributed by atoms with Crippen molar-refractivity contribution >= 4 is 27.7 Å². The van der Waals surface area contributed by atoms with Crippen LogP contribution in [0.3, 0.4) is 0 Å². The topological polar surface area (TPSA) is 58.6 Å². The van der Waals surface area contributed by atoms with E-state index in [0.29, 0.717) is 24.8 Å². The molecular formula is C27H37BrN2O3. The maximum Gasteiger partial charge on any atom is 0.261 e. The molecule has 6 heteroatoms. The molecule has 0 unspecified atom stereocenters. The Kier molecular flexibility index (Phi) is 9.53. The zero-order valence-electron chi connectivity index (χ0n) is 20.9. The molecule has 0 heterocycles. The van der Waals surface area contributed by atoms with Crippen molar-refractivity contribution in [1.29, 1.82) is 0 Å². The number of carbonyl (C=O) groups is 2. The molecule has 0 aromatic heterocycles. The maximum absolute atomic E-state index is 13.2. The van der Waals surface area contributed by atoms with E-state index in [4.69, 9.17) is 4.74 Å². The lowest BCUT2D eigenvalue weighted by Crippen LogP contribution is -2.49. The van der Waals surface area contributed by atoms with Crippen LogP contribution in [0.5, 0.6) is 5.75 Å². The minimum atomic E-state index is -0.618. The van der Waals surface area contributed by atoms with E-state index < -0.39 is 6.04 Å². The first-order valence-electron chi connectivity index (χ1n) is 11.4. The van der Waals surface area contributed by atoms with Crippen molar-refractivity contribution in [2.45, 2.75) is 66.5 Å². The number of aryl methyl sites for hydroxylation is 1. The lowest BCUT2D eigenvalue weighted by Gasteiger charge is -2.29. The van der Waals surface area contributed by atoms with Gasteiger partial charge in [-0.2, -0.15) is 0 Å². The summed E-state index contributed by atoms with van der Waals surface area (Å²) in [5.41, 5.74) is 3.27. The average molecular weight is 518 g/mol. The Balaban J connectivity index is 2.17. The first-order chi connectivity index (χ1) is 15.4. The number of hydrogen-bond donors (Lipinski definition) is 1. The van der Waals surface area contributed by atoms with E-state index in [0.717, 1.165) is 15.6 Å². The van der Waals surface area contributed by atoms with Crippen molar-refractivity contribution in [1.82, 2.24) is 10.2 Å². The Labute approximate surface area is 207 Å². The average Bonchev–Trinajstić information content (AvgIpc) is 2.73. The highest BCUT2D eigenvalue weighted by atomic mass is 79.9. The number of rotatable bonds is 9. The Morgan fingerprint density at radius 2 is 1.79 bits per heavy atom. The summed E-state index contributed by atoms with van der Waals surface area (Å²) in [4.78, 5) is 27.6. The molecule has 0 fully saturated rings. The van der Waals surface area contributed by atoms with Gasteiger partial charge in [-0.25, -0.2) is 0 Å². The number of nitrogens with one attached hydrogen (secondary N) is 1. The van der Waals surface area contributed by atoms with Crippen LogP contribution in [0.25, 0.3) is 0 Å². The summed E-state index contributed by atoms with van der Waals surface area (Å²) in [5, 5.41) is 2.94. The number of amides is 2. The van der Waals surface area contributed by atoms with E-state index in [9.17, 15) is 9.59 Å². The predicted octanol–water partition coefficient (Wildman–Crippen LogP) is 5.62. The van der Waals surface area contributed by atoms with Crippen LogP contribution in [0.1, 0.15) is 58.2 Å². The minimum absolute atomic E-state index is 0.0141. The van der Waals surface area contributed by atoms with Crippen molar-refractivity contribution in [3.05, 3.63) is 63.6 Å². The van der Waals surface area contributed by atoms with Crippen LogP contribution in [-0.2, 0) is 21.5 Å².